The molecule has 2 nitrogen and oxygen atoms in total. The van der Waals surface area contributed by atoms with Crippen LogP contribution in [0.15, 0.2) is 0 Å². The van der Waals surface area contributed by atoms with E-state index in [-0.39, 0.29) is 0 Å². The molecule has 0 bridgehead atoms. The van der Waals surface area contributed by atoms with Crippen molar-refractivity contribution in [1.29, 1.82) is 0 Å². The zero-order valence-corrected chi connectivity index (χ0v) is 10.8. The molecule has 0 aromatic carbocycles. The van der Waals surface area contributed by atoms with Crippen molar-refractivity contribution in [3.63, 3.8) is 0 Å². The molecule has 0 aliphatic heterocycles. The second kappa shape index (κ2) is 8.97. The van der Waals surface area contributed by atoms with E-state index in [1.807, 2.05) is 0 Å². The van der Waals surface area contributed by atoms with Gasteiger partial charge in [0.1, 0.15) is 0 Å². The van der Waals surface area contributed by atoms with Crippen LogP contribution in [0, 0.1) is 0 Å². The van der Waals surface area contributed by atoms with Crippen LogP contribution >= 0.6 is 15.9 Å². The van der Waals surface area contributed by atoms with E-state index >= 15 is 0 Å². The summed E-state index contributed by atoms with van der Waals surface area (Å²) in [5.74, 6) is 0. The Morgan fingerprint density at radius 1 is 0.769 bits per heavy atom. The van der Waals surface area contributed by atoms with Gasteiger partial charge in [-0.05, 0) is 19.6 Å². The number of halogens is 1. The van der Waals surface area contributed by atoms with Crippen LogP contribution in [-0.4, -0.2) is 54.4 Å². The van der Waals surface area contributed by atoms with Gasteiger partial charge >= 0.3 is 0 Å². The quantitative estimate of drug-likeness (QED) is 0.609. The lowest BCUT2D eigenvalue weighted by molar-refractivity contribution is 0.229. The van der Waals surface area contributed by atoms with Gasteiger partial charge in [-0.2, -0.15) is 0 Å². The van der Waals surface area contributed by atoms with Gasteiger partial charge in [0.05, 0.1) is 0 Å². The molecule has 0 amide bonds. The Balaban J connectivity index is 3.56. The smallest absolute Gasteiger partial charge is 0.0159 e. The third kappa shape index (κ3) is 6.47. The summed E-state index contributed by atoms with van der Waals surface area (Å²) in [6.45, 7) is 13.7. The van der Waals surface area contributed by atoms with Gasteiger partial charge in [-0.15, -0.1) is 0 Å². The highest BCUT2D eigenvalue weighted by atomic mass is 79.9. The van der Waals surface area contributed by atoms with E-state index < -0.39 is 0 Å². The van der Waals surface area contributed by atoms with E-state index in [2.05, 4.69) is 46.5 Å². The Labute approximate surface area is 91.4 Å². The Kier molecular flexibility index (Phi) is 9.25. The molecule has 0 spiro atoms. The Bertz CT molecular complexity index is 105. The SMILES string of the molecule is CCN(CC)CCN(CC)CCBr. The summed E-state index contributed by atoms with van der Waals surface area (Å²) in [6.07, 6.45) is 0. The molecule has 13 heavy (non-hydrogen) atoms. The summed E-state index contributed by atoms with van der Waals surface area (Å²) in [6, 6.07) is 0. The third-order valence-corrected chi connectivity index (χ3v) is 2.83. The zero-order chi connectivity index (χ0) is 10.1. The fourth-order valence-electron chi connectivity index (χ4n) is 1.37. The molecule has 3 heteroatoms. The molecule has 80 valence electrons. The van der Waals surface area contributed by atoms with Crippen molar-refractivity contribution in [2.75, 3.05) is 44.6 Å². The summed E-state index contributed by atoms with van der Waals surface area (Å²) in [7, 11) is 0. The lowest BCUT2D eigenvalue weighted by Crippen LogP contribution is -2.35. The predicted molar refractivity (Wildman–Crippen MR) is 63.7 cm³/mol. The third-order valence-electron chi connectivity index (χ3n) is 2.47. The lowest BCUT2D eigenvalue weighted by atomic mass is 10.4. The molecule has 0 atom stereocenters. The number of likely N-dealkylation sites (N-methyl/N-ethyl adjacent to an activating group) is 2. The van der Waals surface area contributed by atoms with Gasteiger partial charge in [0, 0.05) is 25.0 Å². The van der Waals surface area contributed by atoms with E-state index in [1.54, 1.807) is 0 Å². The number of nitrogens with zero attached hydrogens (tertiary/aromatic N) is 2. The first-order chi connectivity index (χ1) is 6.28. The average molecular weight is 251 g/mol. The molecule has 0 heterocycles. The van der Waals surface area contributed by atoms with Crippen LogP contribution in [0.4, 0.5) is 0 Å². The van der Waals surface area contributed by atoms with Crippen molar-refractivity contribution in [2.24, 2.45) is 0 Å². The first-order valence-electron chi connectivity index (χ1n) is 5.29. The number of rotatable bonds is 8. The Morgan fingerprint density at radius 3 is 1.62 bits per heavy atom. The summed E-state index contributed by atoms with van der Waals surface area (Å²) in [4.78, 5) is 4.95. The van der Waals surface area contributed by atoms with Gasteiger partial charge in [-0.3, -0.25) is 0 Å². The van der Waals surface area contributed by atoms with Crippen LogP contribution < -0.4 is 0 Å². The molecule has 0 saturated carbocycles. The highest BCUT2D eigenvalue weighted by Gasteiger charge is 2.03. The van der Waals surface area contributed by atoms with Gasteiger partial charge < -0.3 is 9.80 Å². The van der Waals surface area contributed by atoms with Gasteiger partial charge in [0.2, 0.25) is 0 Å². The number of alkyl halides is 1. The zero-order valence-electron chi connectivity index (χ0n) is 9.22. The van der Waals surface area contributed by atoms with Crippen molar-refractivity contribution in [1.82, 2.24) is 9.80 Å². The Morgan fingerprint density at radius 2 is 1.23 bits per heavy atom. The molecule has 0 rings (SSSR count). The minimum absolute atomic E-state index is 1.08. The fourth-order valence-corrected chi connectivity index (χ4v) is 1.87. The van der Waals surface area contributed by atoms with E-state index in [9.17, 15) is 0 Å². The van der Waals surface area contributed by atoms with Gasteiger partial charge in [-0.25, -0.2) is 0 Å². The monoisotopic (exact) mass is 250 g/mol. The normalized spacial score (nSPS) is 11.5. The summed E-state index contributed by atoms with van der Waals surface area (Å²) < 4.78 is 0. The maximum Gasteiger partial charge on any atom is 0.0159 e. The molecule has 0 N–H and O–H groups in total. The average Bonchev–Trinajstić information content (AvgIpc) is 2.17. The van der Waals surface area contributed by atoms with Gasteiger partial charge in [0.25, 0.3) is 0 Å². The van der Waals surface area contributed by atoms with Crippen LogP contribution in [0.1, 0.15) is 20.8 Å². The van der Waals surface area contributed by atoms with E-state index in [4.69, 9.17) is 0 Å². The predicted octanol–water partition coefficient (Wildman–Crippen LogP) is 2.04. The lowest BCUT2D eigenvalue weighted by Gasteiger charge is -2.24. The van der Waals surface area contributed by atoms with E-state index in [0.717, 1.165) is 18.4 Å². The van der Waals surface area contributed by atoms with Crippen LogP contribution in [-0.2, 0) is 0 Å². The highest BCUT2D eigenvalue weighted by Crippen LogP contribution is 1.93. The van der Waals surface area contributed by atoms with Crippen molar-refractivity contribution >= 4 is 15.9 Å². The first-order valence-corrected chi connectivity index (χ1v) is 6.41. The standard InChI is InChI=1S/C10H23BrN2/c1-4-12(5-2)9-10-13(6-3)8-7-11/h4-10H2,1-3H3. The van der Waals surface area contributed by atoms with Crippen molar-refractivity contribution < 1.29 is 0 Å². The molecule has 0 aromatic heterocycles. The summed E-state index contributed by atoms with van der Waals surface area (Å²) in [5, 5.41) is 1.08. The Hall–Kier alpha value is 0.400. The largest absolute Gasteiger partial charge is 0.303 e. The highest BCUT2D eigenvalue weighted by molar-refractivity contribution is 9.09. The molecule has 0 radical (unpaired) electrons. The van der Waals surface area contributed by atoms with Crippen LogP contribution in [0.25, 0.3) is 0 Å². The van der Waals surface area contributed by atoms with Gasteiger partial charge in [-0.1, -0.05) is 36.7 Å². The minimum Gasteiger partial charge on any atom is -0.303 e. The van der Waals surface area contributed by atoms with Crippen molar-refractivity contribution in [3.05, 3.63) is 0 Å². The molecular weight excluding hydrogens is 228 g/mol. The number of hydrogen-bond donors (Lipinski definition) is 0. The maximum absolute atomic E-state index is 3.48. The summed E-state index contributed by atoms with van der Waals surface area (Å²) in [5.41, 5.74) is 0. The van der Waals surface area contributed by atoms with E-state index in [0.29, 0.717) is 0 Å². The molecular formula is C10H23BrN2. The fraction of sp³-hybridized carbons (Fsp3) is 1.00. The minimum atomic E-state index is 1.08. The molecule has 0 aliphatic carbocycles. The van der Waals surface area contributed by atoms with Crippen molar-refractivity contribution in [3.8, 4) is 0 Å². The van der Waals surface area contributed by atoms with E-state index in [1.165, 1.54) is 26.2 Å². The second-order valence-electron chi connectivity index (χ2n) is 3.15. The molecule has 0 aromatic rings. The number of hydrogen-bond acceptors (Lipinski definition) is 2. The van der Waals surface area contributed by atoms with Crippen LogP contribution in [0.5, 0.6) is 0 Å². The first kappa shape index (κ1) is 13.4. The summed E-state index contributed by atoms with van der Waals surface area (Å²) >= 11 is 3.48. The molecule has 0 fully saturated rings. The molecule has 0 saturated heterocycles. The van der Waals surface area contributed by atoms with Gasteiger partial charge in [0.15, 0.2) is 0 Å². The van der Waals surface area contributed by atoms with Crippen LogP contribution in [0.3, 0.4) is 0 Å². The molecule has 0 unspecified atom stereocenters. The van der Waals surface area contributed by atoms with Crippen molar-refractivity contribution in [2.45, 2.75) is 20.8 Å². The maximum atomic E-state index is 3.48. The second-order valence-corrected chi connectivity index (χ2v) is 3.94. The van der Waals surface area contributed by atoms with Crippen LogP contribution in [0.2, 0.25) is 0 Å². The topological polar surface area (TPSA) is 6.48 Å². The molecule has 0 aliphatic rings.